The fourth-order valence-corrected chi connectivity index (χ4v) is 2.84. The molecule has 5 nitrogen and oxygen atoms in total. The van der Waals surface area contributed by atoms with Crippen molar-refractivity contribution in [2.24, 2.45) is 0 Å². The van der Waals surface area contributed by atoms with Crippen molar-refractivity contribution in [1.29, 1.82) is 0 Å². The Hall–Kier alpha value is -3.21. The first-order chi connectivity index (χ1) is 12.3. The molecule has 2 aromatic heterocycles. The number of rotatable bonds is 5. The summed E-state index contributed by atoms with van der Waals surface area (Å²) in [6.07, 6.45) is 3.46. The van der Waals surface area contributed by atoms with Gasteiger partial charge < -0.3 is 4.74 Å². The smallest absolute Gasteiger partial charge is 0.252 e. The lowest BCUT2D eigenvalue weighted by atomic mass is 10.1. The predicted molar refractivity (Wildman–Crippen MR) is 96.6 cm³/mol. The highest BCUT2D eigenvalue weighted by molar-refractivity contribution is 5.63. The van der Waals surface area contributed by atoms with Crippen LogP contribution in [0.5, 0.6) is 5.75 Å². The molecule has 0 atom stereocenters. The molecule has 0 fully saturated rings. The first-order valence-corrected chi connectivity index (χ1v) is 8.22. The van der Waals surface area contributed by atoms with Crippen LogP contribution < -0.4 is 4.74 Å². The van der Waals surface area contributed by atoms with Crippen molar-refractivity contribution in [2.75, 3.05) is 7.11 Å². The number of ether oxygens (including phenoxy) is 1. The molecule has 0 unspecified atom stereocenters. The molecule has 0 amide bonds. The van der Waals surface area contributed by atoms with Gasteiger partial charge in [-0.2, -0.15) is 9.50 Å². The molecule has 5 heteroatoms. The summed E-state index contributed by atoms with van der Waals surface area (Å²) in [5.74, 6) is 2.22. The largest absolute Gasteiger partial charge is 0.497 e. The maximum Gasteiger partial charge on any atom is 0.252 e. The van der Waals surface area contributed by atoms with Gasteiger partial charge in [-0.05, 0) is 30.2 Å². The number of hydrogen-bond acceptors (Lipinski definition) is 4. The second kappa shape index (κ2) is 6.73. The van der Waals surface area contributed by atoms with Gasteiger partial charge in [0.1, 0.15) is 5.75 Å². The van der Waals surface area contributed by atoms with E-state index < -0.39 is 0 Å². The lowest BCUT2D eigenvalue weighted by Crippen LogP contribution is -1.97. The molecule has 0 radical (unpaired) electrons. The summed E-state index contributed by atoms with van der Waals surface area (Å²) >= 11 is 0. The van der Waals surface area contributed by atoms with Crippen LogP contribution in [0.3, 0.4) is 0 Å². The third-order valence-corrected chi connectivity index (χ3v) is 4.13. The second-order valence-electron chi connectivity index (χ2n) is 5.79. The van der Waals surface area contributed by atoms with Crippen LogP contribution in [0.1, 0.15) is 11.4 Å². The molecule has 2 heterocycles. The van der Waals surface area contributed by atoms with Crippen LogP contribution in [0.2, 0.25) is 0 Å². The van der Waals surface area contributed by atoms with Crippen molar-refractivity contribution in [1.82, 2.24) is 19.6 Å². The average Bonchev–Trinajstić information content (AvgIpc) is 3.10. The molecule has 0 bridgehead atoms. The third-order valence-electron chi connectivity index (χ3n) is 4.13. The van der Waals surface area contributed by atoms with E-state index in [-0.39, 0.29) is 0 Å². The maximum absolute atomic E-state index is 5.32. The van der Waals surface area contributed by atoms with Gasteiger partial charge in [-0.25, -0.2) is 4.98 Å². The number of benzene rings is 2. The fourth-order valence-electron chi connectivity index (χ4n) is 2.84. The first kappa shape index (κ1) is 15.3. The molecular formula is C20H18N4O. The van der Waals surface area contributed by atoms with Gasteiger partial charge in [0.2, 0.25) is 0 Å². The van der Waals surface area contributed by atoms with Crippen molar-refractivity contribution < 1.29 is 4.74 Å². The zero-order chi connectivity index (χ0) is 17.1. The Labute approximate surface area is 145 Å². The van der Waals surface area contributed by atoms with Crippen LogP contribution in [-0.4, -0.2) is 26.7 Å². The van der Waals surface area contributed by atoms with Crippen molar-refractivity contribution in [2.45, 2.75) is 12.8 Å². The molecule has 4 aromatic rings. The van der Waals surface area contributed by atoms with E-state index in [9.17, 15) is 0 Å². The van der Waals surface area contributed by atoms with E-state index in [1.54, 1.807) is 17.8 Å². The van der Waals surface area contributed by atoms with E-state index in [1.165, 1.54) is 5.56 Å². The minimum Gasteiger partial charge on any atom is -0.497 e. The monoisotopic (exact) mass is 330 g/mol. The number of nitrogens with zero attached hydrogens (tertiary/aromatic N) is 4. The number of hydrogen-bond donors (Lipinski definition) is 0. The molecule has 0 N–H and O–H groups in total. The van der Waals surface area contributed by atoms with E-state index in [0.29, 0.717) is 5.78 Å². The van der Waals surface area contributed by atoms with Gasteiger partial charge in [0, 0.05) is 18.2 Å². The molecule has 2 aromatic carbocycles. The summed E-state index contributed by atoms with van der Waals surface area (Å²) in [5.41, 5.74) is 3.25. The summed E-state index contributed by atoms with van der Waals surface area (Å²) in [6.45, 7) is 0. The van der Waals surface area contributed by atoms with Crippen LogP contribution >= 0.6 is 0 Å². The van der Waals surface area contributed by atoms with E-state index in [0.717, 1.165) is 35.7 Å². The topological polar surface area (TPSA) is 52.3 Å². The highest BCUT2D eigenvalue weighted by atomic mass is 16.5. The van der Waals surface area contributed by atoms with Crippen LogP contribution in [0.25, 0.3) is 17.0 Å². The van der Waals surface area contributed by atoms with Crippen LogP contribution in [0.15, 0.2) is 66.9 Å². The zero-order valence-electron chi connectivity index (χ0n) is 14.0. The second-order valence-corrected chi connectivity index (χ2v) is 5.79. The van der Waals surface area contributed by atoms with E-state index >= 15 is 0 Å². The predicted octanol–water partition coefficient (Wildman–Crippen LogP) is 3.59. The van der Waals surface area contributed by atoms with Crippen molar-refractivity contribution in [3.05, 3.63) is 78.2 Å². The minimum absolute atomic E-state index is 0.614. The molecule has 0 aliphatic carbocycles. The highest BCUT2D eigenvalue weighted by Gasteiger charge is 2.10. The summed E-state index contributed by atoms with van der Waals surface area (Å²) in [6, 6.07) is 20.2. The molecule has 0 saturated carbocycles. The Morgan fingerprint density at radius 1 is 0.960 bits per heavy atom. The summed E-state index contributed by atoms with van der Waals surface area (Å²) in [7, 11) is 1.67. The van der Waals surface area contributed by atoms with Gasteiger partial charge in [-0.1, -0.05) is 42.5 Å². The molecule has 4 rings (SSSR count). The van der Waals surface area contributed by atoms with Crippen molar-refractivity contribution in [3.63, 3.8) is 0 Å². The standard InChI is InChI=1S/C20H18N4O/c1-25-17-9-5-8-16(14-17)18-12-13-21-20-22-19(23-24(18)20)11-10-15-6-3-2-4-7-15/h2-9,12-14H,10-11H2,1H3. The molecule has 0 saturated heterocycles. The lowest BCUT2D eigenvalue weighted by molar-refractivity contribution is 0.415. The van der Waals surface area contributed by atoms with Gasteiger partial charge in [-0.3, -0.25) is 0 Å². The SMILES string of the molecule is COc1cccc(-c2ccnc3nc(CCc4ccccc4)nn23)c1. The number of fused-ring (bicyclic) bond motifs is 1. The summed E-state index contributed by atoms with van der Waals surface area (Å²) in [4.78, 5) is 8.91. The lowest BCUT2D eigenvalue weighted by Gasteiger charge is -2.05. The molecule has 25 heavy (non-hydrogen) atoms. The highest BCUT2D eigenvalue weighted by Crippen LogP contribution is 2.23. The Morgan fingerprint density at radius 2 is 1.84 bits per heavy atom. The molecule has 124 valence electrons. The van der Waals surface area contributed by atoms with Crippen LogP contribution in [0, 0.1) is 0 Å². The van der Waals surface area contributed by atoms with Crippen molar-refractivity contribution in [3.8, 4) is 17.0 Å². The Morgan fingerprint density at radius 3 is 2.68 bits per heavy atom. The number of aryl methyl sites for hydroxylation is 2. The van der Waals surface area contributed by atoms with Crippen LogP contribution in [-0.2, 0) is 12.8 Å². The fraction of sp³-hybridized carbons (Fsp3) is 0.150. The summed E-state index contributed by atoms with van der Waals surface area (Å²) in [5, 5.41) is 4.66. The third kappa shape index (κ3) is 3.21. The summed E-state index contributed by atoms with van der Waals surface area (Å²) < 4.78 is 7.12. The maximum atomic E-state index is 5.32. The first-order valence-electron chi connectivity index (χ1n) is 8.22. The zero-order valence-corrected chi connectivity index (χ0v) is 14.0. The van der Waals surface area contributed by atoms with E-state index in [1.807, 2.05) is 36.4 Å². The minimum atomic E-state index is 0.614. The van der Waals surface area contributed by atoms with Gasteiger partial charge in [0.15, 0.2) is 5.82 Å². The average molecular weight is 330 g/mol. The van der Waals surface area contributed by atoms with Gasteiger partial charge in [0.05, 0.1) is 12.8 Å². The molecule has 0 aliphatic heterocycles. The number of methoxy groups -OCH3 is 1. The Kier molecular flexibility index (Phi) is 4.12. The van der Waals surface area contributed by atoms with E-state index in [2.05, 4.69) is 39.3 Å². The number of aromatic nitrogens is 4. The molecule has 0 aliphatic rings. The van der Waals surface area contributed by atoms with E-state index in [4.69, 9.17) is 4.74 Å². The normalized spacial score (nSPS) is 10.9. The van der Waals surface area contributed by atoms with Crippen molar-refractivity contribution >= 4 is 5.78 Å². The quantitative estimate of drug-likeness (QED) is 0.561. The van der Waals surface area contributed by atoms with Gasteiger partial charge in [0.25, 0.3) is 5.78 Å². The molecule has 0 spiro atoms. The van der Waals surface area contributed by atoms with Gasteiger partial charge in [-0.15, -0.1) is 5.10 Å². The van der Waals surface area contributed by atoms with Crippen LogP contribution in [0.4, 0.5) is 0 Å². The van der Waals surface area contributed by atoms with Gasteiger partial charge >= 0.3 is 0 Å². The Bertz CT molecular complexity index is 995. The molecular weight excluding hydrogens is 312 g/mol. The Balaban J connectivity index is 1.66.